The quantitative estimate of drug-likeness (QED) is 0.261. The van der Waals surface area contributed by atoms with E-state index < -0.39 is 17.8 Å². The van der Waals surface area contributed by atoms with E-state index in [0.29, 0.717) is 23.6 Å². The highest BCUT2D eigenvalue weighted by atomic mass is 16.7. The van der Waals surface area contributed by atoms with Gasteiger partial charge in [-0.25, -0.2) is 9.69 Å². The number of nitrogens with one attached hydrogen (secondary N) is 1. The number of fused-ring (bicyclic) bond motifs is 3. The van der Waals surface area contributed by atoms with Crippen LogP contribution in [0.5, 0.6) is 11.5 Å². The minimum Gasteiger partial charge on any atom is -0.454 e. The number of amides is 4. The van der Waals surface area contributed by atoms with Gasteiger partial charge in [-0.15, -0.1) is 0 Å². The van der Waals surface area contributed by atoms with Crippen LogP contribution in [0.25, 0.3) is 27.8 Å². The first-order chi connectivity index (χ1) is 19.1. The molecule has 1 fully saturated rings. The van der Waals surface area contributed by atoms with Crippen LogP contribution < -0.4 is 19.7 Å². The van der Waals surface area contributed by atoms with Crippen LogP contribution in [0.2, 0.25) is 0 Å². The molecular weight excluding hydrogens is 494 g/mol. The van der Waals surface area contributed by atoms with Crippen molar-refractivity contribution in [3.63, 3.8) is 0 Å². The van der Waals surface area contributed by atoms with E-state index in [2.05, 4.69) is 34.1 Å². The van der Waals surface area contributed by atoms with Crippen molar-refractivity contribution in [2.75, 3.05) is 11.7 Å². The van der Waals surface area contributed by atoms with Gasteiger partial charge in [0.15, 0.2) is 11.5 Å². The van der Waals surface area contributed by atoms with Crippen LogP contribution in [0.3, 0.4) is 0 Å². The number of imide groups is 2. The normalized spacial score (nSPS) is 15.9. The number of nitrogens with zero attached hydrogens (tertiary/aromatic N) is 2. The van der Waals surface area contributed by atoms with Gasteiger partial charge < -0.3 is 14.0 Å². The topological polar surface area (TPSA) is 89.9 Å². The zero-order chi connectivity index (χ0) is 26.5. The van der Waals surface area contributed by atoms with Crippen LogP contribution in [-0.4, -0.2) is 29.2 Å². The Balaban J connectivity index is 1.29. The van der Waals surface area contributed by atoms with Crippen LogP contribution in [0.1, 0.15) is 11.1 Å². The highest BCUT2D eigenvalue weighted by molar-refractivity contribution is 6.39. The lowest BCUT2D eigenvalue weighted by Crippen LogP contribution is -2.54. The number of rotatable bonds is 4. The zero-order valence-corrected chi connectivity index (χ0v) is 20.6. The van der Waals surface area contributed by atoms with Gasteiger partial charge in [0.05, 0.1) is 5.69 Å². The maximum Gasteiger partial charge on any atom is 0.335 e. The van der Waals surface area contributed by atoms with E-state index >= 15 is 0 Å². The molecule has 8 nitrogen and oxygen atoms in total. The SMILES string of the molecule is O=C1NC(=O)N(c2ccc3c(c2)OCO3)C(=O)/C1=C/c1cn(Cc2cccc3ccccc23)c2ccccc12. The Morgan fingerprint density at radius 3 is 2.49 bits per heavy atom. The molecule has 190 valence electrons. The fraction of sp³-hybridized carbons (Fsp3) is 0.0645. The van der Waals surface area contributed by atoms with Crippen molar-refractivity contribution in [2.45, 2.75) is 6.54 Å². The predicted octanol–water partition coefficient (Wildman–Crippen LogP) is 5.24. The van der Waals surface area contributed by atoms with Crippen molar-refractivity contribution >= 4 is 51.3 Å². The highest BCUT2D eigenvalue weighted by Crippen LogP contribution is 2.36. The molecule has 0 saturated carbocycles. The summed E-state index contributed by atoms with van der Waals surface area (Å²) in [5.74, 6) is -0.511. The number of anilines is 1. The number of aromatic nitrogens is 1. The van der Waals surface area contributed by atoms with Crippen LogP contribution in [-0.2, 0) is 16.1 Å². The molecular formula is C31H21N3O5. The Bertz CT molecular complexity index is 1860. The van der Waals surface area contributed by atoms with E-state index in [0.717, 1.165) is 32.1 Å². The molecule has 2 aliphatic rings. The van der Waals surface area contributed by atoms with Gasteiger partial charge in [0.1, 0.15) is 5.57 Å². The minimum absolute atomic E-state index is 0.0609. The first-order valence-corrected chi connectivity index (χ1v) is 12.4. The average Bonchev–Trinajstić information content (AvgIpc) is 3.56. The standard InChI is InChI=1S/C31H21N3O5/c35-29-25(30(36)34(31(37)32-29)22-12-13-27-28(15-22)39-18-38-27)14-21-17-33(26-11-4-3-10-24(21)26)16-20-8-5-7-19-6-1-2-9-23(19)20/h1-15,17H,16,18H2,(H,32,35,37)/b25-14+. The van der Waals surface area contributed by atoms with Crippen LogP contribution in [0.15, 0.2) is 96.7 Å². The largest absolute Gasteiger partial charge is 0.454 e. The second kappa shape index (κ2) is 8.88. The number of benzene rings is 4. The first-order valence-electron chi connectivity index (χ1n) is 12.4. The third kappa shape index (κ3) is 3.81. The van der Waals surface area contributed by atoms with E-state index in [-0.39, 0.29) is 18.1 Å². The van der Waals surface area contributed by atoms with E-state index in [1.807, 2.05) is 48.7 Å². The van der Waals surface area contributed by atoms with Crippen LogP contribution in [0.4, 0.5) is 10.5 Å². The Morgan fingerprint density at radius 2 is 1.59 bits per heavy atom. The number of hydrogen-bond acceptors (Lipinski definition) is 5. The van der Waals surface area contributed by atoms with Crippen molar-refractivity contribution in [3.05, 3.63) is 108 Å². The van der Waals surface area contributed by atoms with Gasteiger partial charge in [-0.3, -0.25) is 14.9 Å². The molecule has 0 bridgehead atoms. The molecule has 0 spiro atoms. The molecule has 1 aromatic heterocycles. The number of carbonyl (C=O) groups is 3. The van der Waals surface area contributed by atoms with Gasteiger partial charge in [-0.05, 0) is 40.6 Å². The van der Waals surface area contributed by atoms with Crippen molar-refractivity contribution in [1.82, 2.24) is 9.88 Å². The number of barbiturate groups is 1. The fourth-order valence-corrected chi connectivity index (χ4v) is 5.21. The molecule has 1 saturated heterocycles. The van der Waals surface area contributed by atoms with Gasteiger partial charge in [-0.1, -0.05) is 60.7 Å². The van der Waals surface area contributed by atoms with E-state index in [1.165, 1.54) is 0 Å². The summed E-state index contributed by atoms with van der Waals surface area (Å²) in [5, 5.41) is 5.50. The molecule has 0 aliphatic carbocycles. The van der Waals surface area contributed by atoms with Crippen LogP contribution in [0, 0.1) is 0 Å². The molecule has 39 heavy (non-hydrogen) atoms. The minimum atomic E-state index is -0.820. The summed E-state index contributed by atoms with van der Waals surface area (Å²) in [6.07, 6.45) is 3.48. The number of urea groups is 1. The molecule has 3 heterocycles. The maximum absolute atomic E-state index is 13.5. The third-order valence-electron chi connectivity index (χ3n) is 7.06. The van der Waals surface area contributed by atoms with Crippen molar-refractivity contribution in [3.8, 4) is 11.5 Å². The highest BCUT2D eigenvalue weighted by Gasteiger charge is 2.37. The summed E-state index contributed by atoms with van der Waals surface area (Å²) < 4.78 is 12.8. The van der Waals surface area contributed by atoms with Crippen molar-refractivity contribution in [2.24, 2.45) is 0 Å². The number of carbonyl (C=O) groups excluding carboxylic acids is 3. The van der Waals surface area contributed by atoms with Crippen molar-refractivity contribution in [1.29, 1.82) is 0 Å². The average molecular weight is 516 g/mol. The lowest BCUT2D eigenvalue weighted by Gasteiger charge is -2.26. The van der Waals surface area contributed by atoms with E-state index in [4.69, 9.17) is 9.47 Å². The molecule has 2 aliphatic heterocycles. The van der Waals surface area contributed by atoms with Gasteiger partial charge in [0, 0.05) is 35.3 Å². The Labute approximate surface area is 222 Å². The van der Waals surface area contributed by atoms with Gasteiger partial charge in [0.25, 0.3) is 11.8 Å². The second-order valence-corrected chi connectivity index (χ2v) is 9.36. The lowest BCUT2D eigenvalue weighted by molar-refractivity contribution is -0.122. The Morgan fingerprint density at radius 1 is 0.821 bits per heavy atom. The summed E-state index contributed by atoms with van der Waals surface area (Å²) in [7, 11) is 0. The molecule has 8 heteroatoms. The van der Waals surface area contributed by atoms with Gasteiger partial charge in [-0.2, -0.15) is 0 Å². The number of ether oxygens (including phenoxy) is 2. The molecule has 7 rings (SSSR count). The maximum atomic E-state index is 13.5. The zero-order valence-electron chi connectivity index (χ0n) is 20.6. The van der Waals surface area contributed by atoms with Gasteiger partial charge in [0.2, 0.25) is 6.79 Å². The second-order valence-electron chi connectivity index (χ2n) is 9.36. The van der Waals surface area contributed by atoms with Gasteiger partial charge >= 0.3 is 6.03 Å². The molecule has 0 radical (unpaired) electrons. The third-order valence-corrected chi connectivity index (χ3v) is 7.06. The molecule has 4 amide bonds. The molecule has 0 unspecified atom stereocenters. The van der Waals surface area contributed by atoms with E-state index in [9.17, 15) is 14.4 Å². The molecule has 4 aromatic carbocycles. The molecule has 5 aromatic rings. The summed E-state index contributed by atoms with van der Waals surface area (Å²) in [5.41, 5.74) is 2.95. The monoisotopic (exact) mass is 515 g/mol. The smallest absolute Gasteiger partial charge is 0.335 e. The lowest BCUT2D eigenvalue weighted by atomic mass is 10.0. The number of para-hydroxylation sites is 1. The number of hydrogen-bond donors (Lipinski definition) is 1. The van der Waals surface area contributed by atoms with Crippen molar-refractivity contribution < 1.29 is 23.9 Å². The van der Waals surface area contributed by atoms with E-state index in [1.54, 1.807) is 24.3 Å². The van der Waals surface area contributed by atoms with Crippen LogP contribution >= 0.6 is 0 Å². The molecule has 1 N–H and O–H groups in total. The summed E-state index contributed by atoms with van der Waals surface area (Å²) in [4.78, 5) is 40.0. The summed E-state index contributed by atoms with van der Waals surface area (Å²) in [6.45, 7) is 0.665. The Kier molecular flexibility index (Phi) is 5.19. The first kappa shape index (κ1) is 22.8. The summed E-state index contributed by atoms with van der Waals surface area (Å²) >= 11 is 0. The Hall–Kier alpha value is -5.37. The summed E-state index contributed by atoms with van der Waals surface area (Å²) in [6, 6.07) is 26.2. The molecule has 0 atom stereocenters. The fourth-order valence-electron chi connectivity index (χ4n) is 5.21. The predicted molar refractivity (Wildman–Crippen MR) is 147 cm³/mol.